The molecule has 2 N–H and O–H groups in total. The van der Waals surface area contributed by atoms with Gasteiger partial charge in [0, 0.05) is 6.20 Å². The summed E-state index contributed by atoms with van der Waals surface area (Å²) in [7, 11) is 0. The third kappa shape index (κ3) is 0.812. The highest BCUT2D eigenvalue weighted by Gasteiger charge is 1.78. The van der Waals surface area contributed by atoms with Crippen LogP contribution in [0, 0.1) is 4.77 Å². The van der Waals surface area contributed by atoms with Gasteiger partial charge in [-0.1, -0.05) is 0 Å². The Bertz CT molecular complexity index is 229. The van der Waals surface area contributed by atoms with Crippen molar-refractivity contribution in [3.63, 3.8) is 0 Å². The number of nitrogens with two attached hydrogens (primary N) is 1. The van der Waals surface area contributed by atoms with Crippen LogP contribution in [0.3, 0.4) is 0 Å². The van der Waals surface area contributed by atoms with Crippen molar-refractivity contribution >= 4 is 12.2 Å². The maximum Gasteiger partial charge on any atom is 0.238 e. The van der Waals surface area contributed by atoms with Crippen LogP contribution in [0.2, 0.25) is 0 Å². The van der Waals surface area contributed by atoms with Gasteiger partial charge >= 0.3 is 0 Å². The largest absolute Gasteiger partial charge is 0.337 e. The van der Waals surface area contributed by atoms with Gasteiger partial charge in [0.25, 0.3) is 0 Å². The molecule has 0 saturated carbocycles. The minimum Gasteiger partial charge on any atom is -0.337 e. The Hall–Kier alpha value is -0.970. The van der Waals surface area contributed by atoms with E-state index in [2.05, 4.69) is 22.4 Å². The first kappa shape index (κ1) is 5.17. The Morgan fingerprint density at radius 1 is 1.75 bits per heavy atom. The van der Waals surface area contributed by atoms with Gasteiger partial charge in [-0.05, 0) is 12.2 Å². The minimum atomic E-state index is 0.285. The molecule has 0 aliphatic rings. The van der Waals surface area contributed by atoms with Crippen molar-refractivity contribution in [1.29, 1.82) is 0 Å². The van der Waals surface area contributed by atoms with Gasteiger partial charge in [-0.2, -0.15) is 5.10 Å². The summed E-state index contributed by atoms with van der Waals surface area (Å²) in [6.07, 6.45) is 3.01. The summed E-state index contributed by atoms with van der Waals surface area (Å²) in [4.78, 5) is 0. The quantitative estimate of drug-likeness (QED) is 0.385. The Labute approximate surface area is 50.9 Å². The second kappa shape index (κ2) is 1.87. The van der Waals surface area contributed by atoms with Crippen LogP contribution in [0.25, 0.3) is 0 Å². The van der Waals surface area contributed by atoms with Crippen molar-refractivity contribution in [2.45, 2.75) is 0 Å². The molecule has 0 aliphatic carbocycles. The summed E-state index contributed by atoms with van der Waals surface area (Å²) in [6, 6.07) is 0. The molecule has 0 amide bonds. The zero-order chi connectivity index (χ0) is 5.98. The fraction of sp³-hybridized carbons (Fsp3) is 0. The Kier molecular flexibility index (Phi) is 1.21. The smallest absolute Gasteiger partial charge is 0.238 e. The summed E-state index contributed by atoms with van der Waals surface area (Å²) in [5, 5.41) is 6.97. The van der Waals surface area contributed by atoms with E-state index in [-0.39, 0.29) is 4.77 Å². The van der Waals surface area contributed by atoms with Gasteiger partial charge in [0.2, 0.25) is 4.77 Å². The second-order valence-electron chi connectivity index (χ2n) is 1.20. The summed E-state index contributed by atoms with van der Waals surface area (Å²) in [5.41, 5.74) is 0. The van der Waals surface area contributed by atoms with E-state index in [9.17, 15) is 0 Å². The molecule has 0 unspecified atom stereocenters. The maximum absolute atomic E-state index is 5.23. The molecule has 1 rings (SSSR count). The maximum atomic E-state index is 5.23. The molecule has 0 bridgehead atoms. The van der Waals surface area contributed by atoms with Crippen LogP contribution >= 0.6 is 12.2 Å². The first-order chi connectivity index (χ1) is 3.80. The topological polar surface area (TPSA) is 56.7 Å². The van der Waals surface area contributed by atoms with Crippen LogP contribution in [0.15, 0.2) is 12.4 Å². The molecule has 5 heteroatoms. The normalized spacial score (nSPS) is 9.00. The van der Waals surface area contributed by atoms with Crippen molar-refractivity contribution in [3.8, 4) is 0 Å². The molecule has 0 atom stereocenters. The molecule has 0 aliphatic heterocycles. The number of hydrogen-bond acceptors (Lipinski definition) is 4. The highest BCUT2D eigenvalue weighted by atomic mass is 32.1. The van der Waals surface area contributed by atoms with Crippen molar-refractivity contribution in [1.82, 2.24) is 14.9 Å². The highest BCUT2D eigenvalue weighted by molar-refractivity contribution is 7.71. The highest BCUT2D eigenvalue weighted by Crippen LogP contribution is 1.74. The van der Waals surface area contributed by atoms with Crippen LogP contribution in [0.5, 0.6) is 0 Å². The van der Waals surface area contributed by atoms with E-state index >= 15 is 0 Å². The first-order valence-corrected chi connectivity index (χ1v) is 2.37. The van der Waals surface area contributed by atoms with Gasteiger partial charge in [-0.25, -0.2) is 4.68 Å². The van der Waals surface area contributed by atoms with E-state index in [1.54, 1.807) is 0 Å². The predicted octanol–water partition coefficient (Wildman–Crippen LogP) is -0.279. The summed E-state index contributed by atoms with van der Waals surface area (Å²) in [5.74, 6) is 5.23. The van der Waals surface area contributed by atoms with Gasteiger partial charge in [0.15, 0.2) is 0 Å². The first-order valence-electron chi connectivity index (χ1n) is 1.96. The Balaban J connectivity index is 3.35. The van der Waals surface area contributed by atoms with Gasteiger partial charge in [0.1, 0.15) is 0 Å². The molecular formula is C3H4N4S. The average Bonchev–Trinajstić information content (AvgIpc) is 1.77. The Morgan fingerprint density at radius 2 is 2.50 bits per heavy atom. The average molecular weight is 128 g/mol. The summed E-state index contributed by atoms with van der Waals surface area (Å²) >= 11 is 4.62. The third-order valence-corrected chi connectivity index (χ3v) is 0.951. The lowest BCUT2D eigenvalue weighted by Crippen LogP contribution is -2.10. The molecule has 42 valence electrons. The fourth-order valence-corrected chi connectivity index (χ4v) is 0.408. The van der Waals surface area contributed by atoms with Gasteiger partial charge in [-0.3, -0.25) is 0 Å². The number of nitrogen functional groups attached to an aromatic ring is 1. The SMILES string of the molecule is Nn1ccnnc1=S. The minimum absolute atomic E-state index is 0.285. The number of aromatic nitrogens is 3. The van der Waals surface area contributed by atoms with E-state index in [1.807, 2.05) is 0 Å². The zero-order valence-electron chi connectivity index (χ0n) is 3.98. The van der Waals surface area contributed by atoms with Crippen molar-refractivity contribution < 1.29 is 0 Å². The monoisotopic (exact) mass is 128 g/mol. The van der Waals surface area contributed by atoms with Crippen molar-refractivity contribution in [2.75, 3.05) is 5.84 Å². The lowest BCUT2D eigenvalue weighted by atomic mass is 10.9. The second-order valence-corrected chi connectivity index (χ2v) is 1.57. The van der Waals surface area contributed by atoms with Gasteiger partial charge in [0.05, 0.1) is 6.20 Å². The lowest BCUT2D eigenvalue weighted by Gasteiger charge is -1.90. The van der Waals surface area contributed by atoms with Crippen molar-refractivity contribution in [3.05, 3.63) is 17.2 Å². The van der Waals surface area contributed by atoms with E-state index in [0.717, 1.165) is 0 Å². The Morgan fingerprint density at radius 3 is 2.88 bits per heavy atom. The summed E-state index contributed by atoms with van der Waals surface area (Å²) < 4.78 is 1.51. The predicted molar refractivity (Wildman–Crippen MR) is 31.0 cm³/mol. The third-order valence-electron chi connectivity index (χ3n) is 0.658. The summed E-state index contributed by atoms with van der Waals surface area (Å²) in [6.45, 7) is 0. The molecule has 0 fully saturated rings. The van der Waals surface area contributed by atoms with Gasteiger partial charge in [-0.15, -0.1) is 5.10 Å². The molecule has 0 spiro atoms. The van der Waals surface area contributed by atoms with Crippen LogP contribution in [-0.4, -0.2) is 14.9 Å². The molecule has 8 heavy (non-hydrogen) atoms. The van der Waals surface area contributed by atoms with E-state index < -0.39 is 0 Å². The van der Waals surface area contributed by atoms with Crippen LogP contribution in [0.1, 0.15) is 0 Å². The molecule has 0 saturated heterocycles. The van der Waals surface area contributed by atoms with E-state index in [1.165, 1.54) is 17.1 Å². The fourth-order valence-electron chi connectivity index (χ4n) is 0.300. The molecule has 1 heterocycles. The van der Waals surface area contributed by atoms with E-state index in [0.29, 0.717) is 0 Å². The molecule has 4 nitrogen and oxygen atoms in total. The van der Waals surface area contributed by atoms with Crippen LogP contribution in [-0.2, 0) is 0 Å². The van der Waals surface area contributed by atoms with Gasteiger partial charge < -0.3 is 5.84 Å². The number of rotatable bonds is 0. The molecule has 1 aromatic rings. The van der Waals surface area contributed by atoms with Crippen molar-refractivity contribution in [2.24, 2.45) is 0 Å². The zero-order valence-corrected chi connectivity index (χ0v) is 4.80. The standard InChI is InChI=1S/C3H4N4S/c4-7-2-1-5-6-3(7)8/h1-2H,4H2. The van der Waals surface area contributed by atoms with Crippen LogP contribution < -0.4 is 5.84 Å². The molecular weight excluding hydrogens is 124 g/mol. The number of nitrogens with zero attached hydrogens (tertiary/aromatic N) is 3. The molecule has 0 radical (unpaired) electrons. The number of hydrogen-bond donors (Lipinski definition) is 1. The lowest BCUT2D eigenvalue weighted by molar-refractivity contribution is 0.834. The van der Waals surface area contributed by atoms with Crippen LogP contribution in [0.4, 0.5) is 0 Å². The van der Waals surface area contributed by atoms with E-state index in [4.69, 9.17) is 5.84 Å². The molecule has 1 aromatic heterocycles. The molecule has 0 aromatic carbocycles.